The van der Waals surface area contributed by atoms with E-state index >= 15 is 0 Å². The first-order chi connectivity index (χ1) is 10.2. The minimum atomic E-state index is -2.90. The van der Waals surface area contributed by atoms with E-state index in [4.69, 9.17) is 11.6 Å². The smallest absolute Gasteiger partial charge is 0.269 e. The Morgan fingerprint density at radius 1 is 1.59 bits per heavy atom. The average Bonchev–Trinajstić information content (AvgIpc) is 2.80. The van der Waals surface area contributed by atoms with Gasteiger partial charge in [0.25, 0.3) is 11.6 Å². The van der Waals surface area contributed by atoms with Gasteiger partial charge in [-0.15, -0.1) is 0 Å². The van der Waals surface area contributed by atoms with Gasteiger partial charge in [-0.05, 0) is 11.6 Å². The van der Waals surface area contributed by atoms with E-state index in [0.717, 1.165) is 0 Å². The quantitative estimate of drug-likeness (QED) is 0.677. The van der Waals surface area contributed by atoms with Crippen molar-refractivity contribution in [2.75, 3.05) is 13.6 Å². The highest BCUT2D eigenvalue weighted by molar-refractivity contribution is 6.31. The number of amides is 1. The minimum Gasteiger partial charge on any atom is -0.340 e. The molecule has 1 aliphatic heterocycles. The normalized spacial score (nSPS) is 19.9. The molecule has 1 N–H and O–H groups in total. The third-order valence-corrected chi connectivity index (χ3v) is 3.80. The minimum absolute atomic E-state index is 0.00307. The Kier molecular flexibility index (Phi) is 4.62. The van der Waals surface area contributed by atoms with Crippen molar-refractivity contribution in [3.05, 3.63) is 38.9 Å². The summed E-state index contributed by atoms with van der Waals surface area (Å²) < 4.78 is 26.2. The summed E-state index contributed by atoms with van der Waals surface area (Å²) in [6.07, 6.45) is -0.557. The molecule has 2 rings (SSSR count). The Labute approximate surface area is 130 Å². The highest BCUT2D eigenvalue weighted by Crippen LogP contribution is 2.27. The number of nitrogens with zero attached hydrogens (tertiary/aromatic N) is 2. The molecule has 1 aromatic carbocycles. The zero-order valence-electron chi connectivity index (χ0n) is 11.7. The van der Waals surface area contributed by atoms with Crippen molar-refractivity contribution in [3.63, 3.8) is 0 Å². The predicted molar refractivity (Wildman–Crippen MR) is 75.9 cm³/mol. The summed E-state index contributed by atoms with van der Waals surface area (Å²) in [5.74, 6) is -3.40. The molecule has 1 unspecified atom stereocenters. The van der Waals surface area contributed by atoms with E-state index in [-0.39, 0.29) is 17.3 Å². The summed E-state index contributed by atoms with van der Waals surface area (Å²) in [5, 5.41) is 13.5. The lowest BCUT2D eigenvalue weighted by Crippen LogP contribution is -2.41. The Morgan fingerprint density at radius 2 is 2.27 bits per heavy atom. The molecule has 0 radical (unpaired) electrons. The first-order valence-electron chi connectivity index (χ1n) is 6.48. The summed E-state index contributed by atoms with van der Waals surface area (Å²) in [6.45, 7) is -0.530. The van der Waals surface area contributed by atoms with Crippen molar-refractivity contribution < 1.29 is 18.5 Å². The second kappa shape index (κ2) is 6.13. The van der Waals surface area contributed by atoms with E-state index in [1.54, 1.807) is 0 Å². The molecule has 1 saturated heterocycles. The van der Waals surface area contributed by atoms with Crippen LogP contribution in [0.15, 0.2) is 18.2 Å². The van der Waals surface area contributed by atoms with E-state index < -0.39 is 35.8 Å². The highest BCUT2D eigenvalue weighted by Gasteiger charge is 2.43. The van der Waals surface area contributed by atoms with Gasteiger partial charge in [-0.1, -0.05) is 11.6 Å². The number of hydrogen-bond donors (Lipinski definition) is 1. The van der Waals surface area contributed by atoms with Gasteiger partial charge in [0.05, 0.1) is 17.5 Å². The van der Waals surface area contributed by atoms with E-state index in [1.807, 2.05) is 0 Å². The summed E-state index contributed by atoms with van der Waals surface area (Å²) in [7, 11) is 1.44. The van der Waals surface area contributed by atoms with Crippen molar-refractivity contribution in [3.8, 4) is 0 Å². The largest absolute Gasteiger partial charge is 0.340 e. The Balaban J connectivity index is 2.08. The number of alkyl halides is 2. The van der Waals surface area contributed by atoms with Crippen LogP contribution in [0.3, 0.4) is 0 Å². The van der Waals surface area contributed by atoms with Crippen LogP contribution < -0.4 is 5.32 Å². The SMILES string of the molecule is CN(Cc1cc([N+](=O)[O-])ccc1Cl)C(=O)C1CC(F)(F)CN1. The lowest BCUT2D eigenvalue weighted by molar-refractivity contribution is -0.384. The number of non-ortho nitro benzene ring substituents is 1. The monoisotopic (exact) mass is 333 g/mol. The predicted octanol–water partition coefficient (Wildman–Crippen LogP) is 2.20. The second-order valence-corrected chi connectivity index (χ2v) is 5.63. The molecule has 1 aliphatic rings. The maximum atomic E-state index is 13.1. The van der Waals surface area contributed by atoms with Crippen LogP contribution in [0.4, 0.5) is 14.5 Å². The van der Waals surface area contributed by atoms with Gasteiger partial charge in [-0.3, -0.25) is 20.2 Å². The number of carbonyl (C=O) groups is 1. The molecule has 1 heterocycles. The van der Waals surface area contributed by atoms with Crippen LogP contribution in [0.1, 0.15) is 12.0 Å². The standard InChI is InChI=1S/C13H14ClF2N3O3/c1-18(12(20)11-5-13(15,16)7-17-11)6-8-4-9(19(21)22)2-3-10(8)14/h2-4,11,17H,5-7H2,1H3. The van der Waals surface area contributed by atoms with Gasteiger partial charge in [-0.25, -0.2) is 8.78 Å². The number of nitro groups is 1. The zero-order valence-corrected chi connectivity index (χ0v) is 12.4. The Hall–Kier alpha value is -1.80. The maximum Gasteiger partial charge on any atom is 0.269 e. The number of benzene rings is 1. The van der Waals surface area contributed by atoms with Crippen molar-refractivity contribution in [2.24, 2.45) is 0 Å². The van der Waals surface area contributed by atoms with Crippen LogP contribution in [0, 0.1) is 10.1 Å². The van der Waals surface area contributed by atoms with E-state index in [9.17, 15) is 23.7 Å². The molecule has 9 heteroatoms. The first-order valence-corrected chi connectivity index (χ1v) is 6.86. The van der Waals surface area contributed by atoms with Crippen LogP contribution in [0.2, 0.25) is 5.02 Å². The van der Waals surface area contributed by atoms with Gasteiger partial charge in [0, 0.05) is 37.2 Å². The molecular formula is C13H14ClF2N3O3. The Bertz CT molecular complexity index is 612. The van der Waals surface area contributed by atoms with Crippen LogP contribution in [-0.2, 0) is 11.3 Å². The number of nitrogens with one attached hydrogen (secondary N) is 1. The molecule has 120 valence electrons. The second-order valence-electron chi connectivity index (χ2n) is 5.22. The van der Waals surface area contributed by atoms with Gasteiger partial charge in [-0.2, -0.15) is 0 Å². The topological polar surface area (TPSA) is 75.5 Å². The van der Waals surface area contributed by atoms with Gasteiger partial charge in [0.2, 0.25) is 5.91 Å². The number of rotatable bonds is 4. The summed E-state index contributed by atoms with van der Waals surface area (Å²) in [5.41, 5.74) is 0.238. The van der Waals surface area contributed by atoms with E-state index in [2.05, 4.69) is 5.32 Å². The first kappa shape index (κ1) is 16.6. The maximum absolute atomic E-state index is 13.1. The number of halogens is 3. The van der Waals surface area contributed by atoms with Crippen LogP contribution in [-0.4, -0.2) is 41.3 Å². The number of carbonyl (C=O) groups excluding carboxylic acids is 1. The molecule has 1 amide bonds. The van der Waals surface area contributed by atoms with E-state index in [1.165, 1.54) is 30.1 Å². The molecule has 1 atom stereocenters. The molecule has 1 aromatic rings. The molecule has 0 bridgehead atoms. The Morgan fingerprint density at radius 3 is 2.82 bits per heavy atom. The van der Waals surface area contributed by atoms with Crippen LogP contribution >= 0.6 is 11.6 Å². The molecule has 0 aromatic heterocycles. The molecule has 1 fully saturated rings. The van der Waals surface area contributed by atoms with Crippen molar-refractivity contribution >= 4 is 23.2 Å². The van der Waals surface area contributed by atoms with Crippen molar-refractivity contribution in [1.29, 1.82) is 0 Å². The third-order valence-electron chi connectivity index (χ3n) is 3.43. The summed E-state index contributed by atoms with van der Waals surface area (Å²) in [4.78, 5) is 23.5. The van der Waals surface area contributed by atoms with Gasteiger partial charge in [0.15, 0.2) is 0 Å². The molecule has 6 nitrogen and oxygen atoms in total. The molecule has 0 aliphatic carbocycles. The fraction of sp³-hybridized carbons (Fsp3) is 0.462. The fourth-order valence-corrected chi connectivity index (χ4v) is 2.46. The number of hydrogen-bond acceptors (Lipinski definition) is 4. The van der Waals surface area contributed by atoms with Gasteiger partial charge >= 0.3 is 0 Å². The van der Waals surface area contributed by atoms with Crippen molar-refractivity contribution in [2.45, 2.75) is 24.9 Å². The molecular weight excluding hydrogens is 320 g/mol. The van der Waals surface area contributed by atoms with Crippen LogP contribution in [0.25, 0.3) is 0 Å². The average molecular weight is 334 g/mol. The molecule has 22 heavy (non-hydrogen) atoms. The third kappa shape index (κ3) is 3.69. The number of nitro benzene ring substituents is 1. The summed E-state index contributed by atoms with van der Waals surface area (Å²) >= 11 is 5.96. The number of likely N-dealkylation sites (N-methyl/N-ethyl adjacent to an activating group) is 1. The zero-order chi connectivity index (χ0) is 16.5. The lowest BCUT2D eigenvalue weighted by atomic mass is 10.1. The van der Waals surface area contributed by atoms with E-state index in [0.29, 0.717) is 5.56 Å². The lowest BCUT2D eigenvalue weighted by Gasteiger charge is -2.21. The highest BCUT2D eigenvalue weighted by atomic mass is 35.5. The fourth-order valence-electron chi connectivity index (χ4n) is 2.29. The summed E-state index contributed by atoms with van der Waals surface area (Å²) in [6, 6.07) is 2.93. The molecule has 0 spiro atoms. The van der Waals surface area contributed by atoms with Crippen molar-refractivity contribution in [1.82, 2.24) is 10.2 Å². The molecule has 0 saturated carbocycles. The van der Waals surface area contributed by atoms with Gasteiger partial charge < -0.3 is 4.90 Å². The van der Waals surface area contributed by atoms with Crippen LogP contribution in [0.5, 0.6) is 0 Å². The van der Waals surface area contributed by atoms with Gasteiger partial charge in [0.1, 0.15) is 0 Å².